The van der Waals surface area contributed by atoms with Gasteiger partial charge in [-0.2, -0.15) is 0 Å². The Hall–Kier alpha value is -3.60. The van der Waals surface area contributed by atoms with Gasteiger partial charge in [0.2, 0.25) is 0 Å². The molecule has 3 aromatic carbocycles. The van der Waals surface area contributed by atoms with Crippen LogP contribution < -0.4 is 10.1 Å². The normalized spacial score (nSPS) is 11.0. The van der Waals surface area contributed by atoms with Crippen LogP contribution in [0.4, 0.5) is 0 Å². The molecule has 0 spiro atoms. The second kappa shape index (κ2) is 9.90. The summed E-state index contributed by atoms with van der Waals surface area (Å²) in [5.74, 6) is 1.71. The first-order chi connectivity index (χ1) is 15.9. The van der Waals surface area contributed by atoms with Crippen LogP contribution in [0.3, 0.4) is 0 Å². The van der Waals surface area contributed by atoms with Gasteiger partial charge in [0.25, 0.3) is 5.91 Å². The van der Waals surface area contributed by atoms with Gasteiger partial charge >= 0.3 is 0 Å². The van der Waals surface area contributed by atoms with Gasteiger partial charge in [0.05, 0.1) is 24.2 Å². The Labute approximate surface area is 195 Å². The van der Waals surface area contributed by atoms with E-state index < -0.39 is 0 Å². The standard InChI is InChI=1S/C28H31N3O2/c1-19-13-14-23(21(3)17-19)28(32)29-18-27-30-24-10-5-6-11-25(24)31(27)15-8-16-33-26-12-7-9-20(2)22(26)4/h5-7,9-14,17H,8,15-16,18H2,1-4H3,(H,29,32). The predicted molar refractivity (Wildman–Crippen MR) is 133 cm³/mol. The summed E-state index contributed by atoms with van der Waals surface area (Å²) < 4.78 is 8.23. The predicted octanol–water partition coefficient (Wildman–Crippen LogP) is 5.67. The molecule has 1 heterocycles. The van der Waals surface area contributed by atoms with E-state index in [2.05, 4.69) is 35.9 Å². The van der Waals surface area contributed by atoms with Crippen molar-refractivity contribution in [2.45, 2.75) is 47.2 Å². The number of aromatic nitrogens is 2. The van der Waals surface area contributed by atoms with Crippen molar-refractivity contribution in [3.8, 4) is 5.75 Å². The maximum absolute atomic E-state index is 12.8. The molecule has 170 valence electrons. The van der Waals surface area contributed by atoms with Gasteiger partial charge in [0.1, 0.15) is 11.6 Å². The van der Waals surface area contributed by atoms with Crippen molar-refractivity contribution < 1.29 is 9.53 Å². The maximum Gasteiger partial charge on any atom is 0.251 e. The summed E-state index contributed by atoms with van der Waals surface area (Å²) in [6, 6.07) is 20.1. The van der Waals surface area contributed by atoms with Crippen molar-refractivity contribution in [2.75, 3.05) is 6.61 Å². The smallest absolute Gasteiger partial charge is 0.251 e. The number of benzene rings is 3. The van der Waals surface area contributed by atoms with Gasteiger partial charge in [0.15, 0.2) is 0 Å². The van der Waals surface area contributed by atoms with Crippen molar-refractivity contribution in [3.63, 3.8) is 0 Å². The zero-order valence-corrected chi connectivity index (χ0v) is 19.8. The van der Waals surface area contributed by atoms with E-state index in [1.54, 1.807) is 0 Å². The van der Waals surface area contributed by atoms with E-state index in [-0.39, 0.29) is 5.91 Å². The van der Waals surface area contributed by atoms with E-state index in [1.165, 1.54) is 11.1 Å². The van der Waals surface area contributed by atoms with Crippen molar-refractivity contribution in [1.29, 1.82) is 0 Å². The van der Waals surface area contributed by atoms with Crippen molar-refractivity contribution in [1.82, 2.24) is 14.9 Å². The molecule has 0 radical (unpaired) electrons. The molecule has 5 nitrogen and oxygen atoms in total. The van der Waals surface area contributed by atoms with E-state index in [4.69, 9.17) is 9.72 Å². The lowest BCUT2D eigenvalue weighted by molar-refractivity contribution is 0.0949. The Bertz CT molecular complexity index is 1290. The molecule has 0 aliphatic carbocycles. The Morgan fingerprint density at radius 3 is 2.61 bits per heavy atom. The Balaban J connectivity index is 1.45. The molecule has 0 aliphatic heterocycles. The number of carbonyl (C=O) groups excluding carboxylic acids is 1. The topological polar surface area (TPSA) is 56.2 Å². The number of hydrogen-bond donors (Lipinski definition) is 1. The van der Waals surface area contributed by atoms with Gasteiger partial charge in [-0.25, -0.2) is 4.98 Å². The van der Waals surface area contributed by atoms with E-state index in [9.17, 15) is 4.79 Å². The lowest BCUT2D eigenvalue weighted by Gasteiger charge is -2.13. The van der Waals surface area contributed by atoms with Crippen LogP contribution in [0.1, 0.15) is 44.9 Å². The SMILES string of the molecule is Cc1ccc(C(=O)NCc2nc3ccccc3n2CCCOc2cccc(C)c2C)c(C)c1. The van der Waals surface area contributed by atoms with Crippen LogP contribution in [0.25, 0.3) is 11.0 Å². The number of amides is 1. The molecule has 4 aromatic rings. The molecule has 0 saturated carbocycles. The fraction of sp³-hybridized carbons (Fsp3) is 0.286. The Morgan fingerprint density at radius 1 is 0.970 bits per heavy atom. The van der Waals surface area contributed by atoms with Gasteiger partial charge < -0.3 is 14.6 Å². The summed E-state index contributed by atoms with van der Waals surface area (Å²) in [6.07, 6.45) is 0.839. The fourth-order valence-corrected chi connectivity index (χ4v) is 4.12. The first kappa shape index (κ1) is 22.6. The number of imidazole rings is 1. The molecule has 0 bridgehead atoms. The van der Waals surface area contributed by atoms with Crippen molar-refractivity contribution >= 4 is 16.9 Å². The minimum atomic E-state index is -0.0793. The average molecular weight is 442 g/mol. The molecule has 0 aliphatic rings. The number of hydrogen-bond acceptors (Lipinski definition) is 3. The molecule has 1 aromatic heterocycles. The average Bonchev–Trinajstić information content (AvgIpc) is 3.15. The summed E-state index contributed by atoms with van der Waals surface area (Å²) >= 11 is 0. The quantitative estimate of drug-likeness (QED) is 0.359. The number of aryl methyl sites for hydroxylation is 4. The number of ether oxygens (including phenoxy) is 1. The third-order valence-electron chi connectivity index (χ3n) is 6.11. The molecule has 4 rings (SSSR count). The zero-order valence-electron chi connectivity index (χ0n) is 19.8. The van der Waals surface area contributed by atoms with Crippen LogP contribution in [0, 0.1) is 27.7 Å². The van der Waals surface area contributed by atoms with E-state index in [1.807, 2.05) is 62.4 Å². The molecule has 0 unspecified atom stereocenters. The summed E-state index contributed by atoms with van der Waals surface area (Å²) in [4.78, 5) is 17.6. The van der Waals surface area contributed by atoms with Crippen LogP contribution in [0.5, 0.6) is 5.75 Å². The minimum absolute atomic E-state index is 0.0793. The molecule has 5 heteroatoms. The zero-order chi connectivity index (χ0) is 23.4. The highest BCUT2D eigenvalue weighted by molar-refractivity contribution is 5.95. The summed E-state index contributed by atoms with van der Waals surface area (Å²) in [5.41, 5.74) is 7.24. The highest BCUT2D eigenvalue weighted by atomic mass is 16.5. The maximum atomic E-state index is 12.8. The molecule has 1 N–H and O–H groups in total. The monoisotopic (exact) mass is 441 g/mol. The number of nitrogens with one attached hydrogen (secondary N) is 1. The Kier molecular flexibility index (Phi) is 6.78. The van der Waals surface area contributed by atoms with Gasteiger partial charge in [-0.3, -0.25) is 4.79 Å². The Morgan fingerprint density at radius 2 is 1.79 bits per heavy atom. The third-order valence-corrected chi connectivity index (χ3v) is 6.11. The van der Waals surface area contributed by atoms with Crippen LogP contribution in [-0.2, 0) is 13.1 Å². The first-order valence-corrected chi connectivity index (χ1v) is 11.4. The lowest BCUT2D eigenvalue weighted by atomic mass is 10.1. The number of para-hydroxylation sites is 2. The van der Waals surface area contributed by atoms with Crippen LogP contribution in [-0.4, -0.2) is 22.1 Å². The highest BCUT2D eigenvalue weighted by Gasteiger charge is 2.14. The third kappa shape index (κ3) is 5.08. The van der Waals surface area contributed by atoms with Crippen LogP contribution in [0.2, 0.25) is 0 Å². The molecule has 1 amide bonds. The largest absolute Gasteiger partial charge is 0.493 e. The van der Waals surface area contributed by atoms with Gasteiger partial charge in [0, 0.05) is 12.1 Å². The molecule has 0 saturated heterocycles. The summed E-state index contributed by atoms with van der Waals surface area (Å²) in [7, 11) is 0. The lowest BCUT2D eigenvalue weighted by Crippen LogP contribution is -2.25. The molecule has 33 heavy (non-hydrogen) atoms. The fourth-order valence-electron chi connectivity index (χ4n) is 4.12. The summed E-state index contributed by atoms with van der Waals surface area (Å²) in [5, 5.41) is 3.05. The van der Waals surface area contributed by atoms with Crippen LogP contribution in [0.15, 0.2) is 60.7 Å². The number of fused-ring (bicyclic) bond motifs is 1. The van der Waals surface area contributed by atoms with E-state index in [0.717, 1.165) is 46.7 Å². The molecular formula is C28H31N3O2. The highest BCUT2D eigenvalue weighted by Crippen LogP contribution is 2.21. The van der Waals surface area contributed by atoms with Gasteiger partial charge in [-0.05, 0) is 75.1 Å². The van der Waals surface area contributed by atoms with Gasteiger partial charge in [-0.1, -0.05) is 42.0 Å². The second-order valence-electron chi connectivity index (χ2n) is 8.57. The number of carbonyl (C=O) groups is 1. The number of nitrogens with zero attached hydrogens (tertiary/aromatic N) is 2. The molecule has 0 atom stereocenters. The second-order valence-corrected chi connectivity index (χ2v) is 8.57. The first-order valence-electron chi connectivity index (χ1n) is 11.4. The summed E-state index contributed by atoms with van der Waals surface area (Å²) in [6.45, 7) is 9.93. The number of rotatable bonds is 8. The van der Waals surface area contributed by atoms with Crippen molar-refractivity contribution in [3.05, 3.63) is 94.3 Å². The van der Waals surface area contributed by atoms with Gasteiger partial charge in [-0.15, -0.1) is 0 Å². The van der Waals surface area contributed by atoms with Crippen molar-refractivity contribution in [2.24, 2.45) is 0 Å². The van der Waals surface area contributed by atoms with E-state index >= 15 is 0 Å². The molecular weight excluding hydrogens is 410 g/mol. The molecule has 0 fully saturated rings. The minimum Gasteiger partial charge on any atom is -0.493 e. The van der Waals surface area contributed by atoms with E-state index in [0.29, 0.717) is 18.7 Å². The van der Waals surface area contributed by atoms with Crippen LogP contribution >= 0.6 is 0 Å².